The fraction of sp³-hybridized carbons (Fsp3) is 0.400. The molecular weight excluding hydrogens is 240 g/mol. The number of hydrogen-bond acceptors (Lipinski definition) is 3. The van der Waals surface area contributed by atoms with Crippen molar-refractivity contribution < 1.29 is 9.53 Å². The van der Waals surface area contributed by atoms with Crippen LogP contribution in [0.25, 0.3) is 0 Å². The van der Waals surface area contributed by atoms with Crippen LogP contribution in [0.1, 0.15) is 28.8 Å². The highest BCUT2D eigenvalue weighted by molar-refractivity contribution is 5.95. The first-order valence-corrected chi connectivity index (χ1v) is 6.58. The number of aryl methyl sites for hydroxylation is 1. The SMILES string of the molecule is CNC(=O)c1ccc(C)c(NCC2CCC=CO2)c1. The van der Waals surface area contributed by atoms with Crippen molar-refractivity contribution in [2.75, 3.05) is 18.9 Å². The van der Waals surface area contributed by atoms with Crippen LogP contribution in [-0.2, 0) is 4.74 Å². The minimum Gasteiger partial charge on any atom is -0.497 e. The van der Waals surface area contributed by atoms with Crippen LogP contribution in [0.5, 0.6) is 0 Å². The molecule has 0 radical (unpaired) electrons. The summed E-state index contributed by atoms with van der Waals surface area (Å²) in [5, 5.41) is 6.00. The molecule has 1 aromatic rings. The zero-order valence-corrected chi connectivity index (χ0v) is 11.4. The van der Waals surface area contributed by atoms with E-state index in [1.54, 1.807) is 13.3 Å². The molecule has 0 spiro atoms. The summed E-state index contributed by atoms with van der Waals surface area (Å²) in [4.78, 5) is 11.6. The largest absolute Gasteiger partial charge is 0.497 e. The summed E-state index contributed by atoms with van der Waals surface area (Å²) >= 11 is 0. The second-order valence-electron chi connectivity index (χ2n) is 4.70. The van der Waals surface area contributed by atoms with Gasteiger partial charge in [0.2, 0.25) is 0 Å². The second kappa shape index (κ2) is 6.27. The fourth-order valence-electron chi connectivity index (χ4n) is 2.06. The van der Waals surface area contributed by atoms with Crippen molar-refractivity contribution in [3.8, 4) is 0 Å². The number of nitrogens with one attached hydrogen (secondary N) is 2. The Balaban J connectivity index is 2.02. The molecule has 1 unspecified atom stereocenters. The van der Waals surface area contributed by atoms with E-state index in [0.717, 1.165) is 30.6 Å². The molecule has 102 valence electrons. The van der Waals surface area contributed by atoms with Gasteiger partial charge in [-0.15, -0.1) is 0 Å². The molecule has 0 aromatic heterocycles. The highest BCUT2D eigenvalue weighted by atomic mass is 16.5. The van der Waals surface area contributed by atoms with Crippen molar-refractivity contribution in [2.45, 2.75) is 25.9 Å². The monoisotopic (exact) mass is 260 g/mol. The van der Waals surface area contributed by atoms with Crippen LogP contribution < -0.4 is 10.6 Å². The van der Waals surface area contributed by atoms with Gasteiger partial charge in [0.15, 0.2) is 0 Å². The Morgan fingerprint density at radius 3 is 3.00 bits per heavy atom. The van der Waals surface area contributed by atoms with Gasteiger partial charge in [-0.3, -0.25) is 4.79 Å². The first kappa shape index (κ1) is 13.5. The van der Waals surface area contributed by atoms with Crippen LogP contribution in [0.3, 0.4) is 0 Å². The van der Waals surface area contributed by atoms with Crippen molar-refractivity contribution in [3.05, 3.63) is 41.7 Å². The number of amides is 1. The van der Waals surface area contributed by atoms with Crippen molar-refractivity contribution in [1.82, 2.24) is 5.32 Å². The van der Waals surface area contributed by atoms with E-state index in [1.807, 2.05) is 31.2 Å². The van der Waals surface area contributed by atoms with E-state index in [0.29, 0.717) is 5.56 Å². The Morgan fingerprint density at radius 2 is 2.32 bits per heavy atom. The van der Waals surface area contributed by atoms with Crippen molar-refractivity contribution >= 4 is 11.6 Å². The molecule has 19 heavy (non-hydrogen) atoms. The van der Waals surface area contributed by atoms with E-state index in [2.05, 4.69) is 10.6 Å². The number of carbonyl (C=O) groups excluding carboxylic acids is 1. The van der Waals surface area contributed by atoms with E-state index in [1.165, 1.54) is 0 Å². The van der Waals surface area contributed by atoms with Crippen LogP contribution in [0.2, 0.25) is 0 Å². The fourth-order valence-corrected chi connectivity index (χ4v) is 2.06. The lowest BCUT2D eigenvalue weighted by atomic mass is 10.1. The quantitative estimate of drug-likeness (QED) is 0.874. The summed E-state index contributed by atoms with van der Waals surface area (Å²) in [6.45, 7) is 2.78. The zero-order valence-electron chi connectivity index (χ0n) is 11.4. The van der Waals surface area contributed by atoms with Gasteiger partial charge in [0.05, 0.1) is 12.8 Å². The van der Waals surface area contributed by atoms with Crippen molar-refractivity contribution in [1.29, 1.82) is 0 Å². The second-order valence-corrected chi connectivity index (χ2v) is 4.70. The average Bonchev–Trinajstić information content (AvgIpc) is 2.46. The van der Waals surface area contributed by atoms with Gasteiger partial charge in [-0.05, 0) is 43.5 Å². The smallest absolute Gasteiger partial charge is 0.251 e. The number of allylic oxidation sites excluding steroid dienone is 1. The van der Waals surface area contributed by atoms with Crippen LogP contribution in [0.4, 0.5) is 5.69 Å². The molecule has 2 rings (SSSR count). The molecule has 0 bridgehead atoms. The van der Waals surface area contributed by atoms with Crippen LogP contribution in [0.15, 0.2) is 30.5 Å². The lowest BCUT2D eigenvalue weighted by Crippen LogP contribution is -2.23. The molecule has 1 aliphatic heterocycles. The minimum absolute atomic E-state index is 0.0695. The highest BCUT2D eigenvalue weighted by Gasteiger charge is 2.12. The molecule has 0 saturated heterocycles. The van der Waals surface area contributed by atoms with Crippen LogP contribution in [0, 0.1) is 6.92 Å². The van der Waals surface area contributed by atoms with Gasteiger partial charge >= 0.3 is 0 Å². The van der Waals surface area contributed by atoms with E-state index >= 15 is 0 Å². The Labute approximate surface area is 113 Å². The first-order chi connectivity index (χ1) is 9.20. The predicted molar refractivity (Wildman–Crippen MR) is 76.3 cm³/mol. The molecule has 0 saturated carbocycles. The van der Waals surface area contributed by atoms with E-state index in [4.69, 9.17) is 4.74 Å². The highest BCUT2D eigenvalue weighted by Crippen LogP contribution is 2.18. The molecular formula is C15H20N2O2. The zero-order chi connectivity index (χ0) is 13.7. The third-order valence-corrected chi connectivity index (χ3v) is 3.27. The third-order valence-electron chi connectivity index (χ3n) is 3.27. The van der Waals surface area contributed by atoms with Crippen LogP contribution >= 0.6 is 0 Å². The molecule has 1 atom stereocenters. The van der Waals surface area contributed by atoms with Gasteiger partial charge in [0.1, 0.15) is 6.10 Å². The maximum Gasteiger partial charge on any atom is 0.251 e. The topological polar surface area (TPSA) is 50.4 Å². The summed E-state index contributed by atoms with van der Waals surface area (Å²) in [5.74, 6) is -0.0695. The number of anilines is 1. The molecule has 0 aliphatic carbocycles. The normalized spacial score (nSPS) is 17.7. The third kappa shape index (κ3) is 3.50. The summed E-state index contributed by atoms with van der Waals surface area (Å²) in [6.07, 6.45) is 6.09. The maximum absolute atomic E-state index is 11.6. The van der Waals surface area contributed by atoms with Crippen LogP contribution in [-0.4, -0.2) is 25.6 Å². The number of rotatable bonds is 4. The predicted octanol–water partition coefficient (Wildman–Crippen LogP) is 2.46. The summed E-state index contributed by atoms with van der Waals surface area (Å²) in [5.41, 5.74) is 2.78. The van der Waals surface area contributed by atoms with Gasteiger partial charge in [-0.1, -0.05) is 6.07 Å². The van der Waals surface area contributed by atoms with Gasteiger partial charge < -0.3 is 15.4 Å². The average molecular weight is 260 g/mol. The Morgan fingerprint density at radius 1 is 1.47 bits per heavy atom. The van der Waals surface area contributed by atoms with E-state index < -0.39 is 0 Å². The van der Waals surface area contributed by atoms with E-state index in [-0.39, 0.29) is 12.0 Å². The first-order valence-electron chi connectivity index (χ1n) is 6.58. The molecule has 4 nitrogen and oxygen atoms in total. The lowest BCUT2D eigenvalue weighted by Gasteiger charge is -2.21. The van der Waals surface area contributed by atoms with Crippen molar-refractivity contribution in [2.24, 2.45) is 0 Å². The summed E-state index contributed by atoms with van der Waals surface area (Å²) in [7, 11) is 1.64. The summed E-state index contributed by atoms with van der Waals surface area (Å²) in [6, 6.07) is 5.67. The molecule has 1 aliphatic rings. The number of hydrogen-bond donors (Lipinski definition) is 2. The van der Waals surface area contributed by atoms with Gasteiger partial charge in [-0.2, -0.15) is 0 Å². The molecule has 1 amide bonds. The molecule has 0 fully saturated rings. The molecule has 4 heteroatoms. The van der Waals surface area contributed by atoms with Gasteiger partial charge in [0.25, 0.3) is 5.91 Å². The van der Waals surface area contributed by atoms with E-state index in [9.17, 15) is 4.79 Å². The Bertz CT molecular complexity index is 483. The molecule has 1 heterocycles. The van der Waals surface area contributed by atoms with Gasteiger partial charge in [0, 0.05) is 18.3 Å². The Kier molecular flexibility index (Phi) is 4.44. The molecule has 1 aromatic carbocycles. The van der Waals surface area contributed by atoms with Gasteiger partial charge in [-0.25, -0.2) is 0 Å². The minimum atomic E-state index is -0.0695. The standard InChI is InChI=1S/C15H20N2O2/c1-11-6-7-12(15(18)16-2)9-14(11)17-10-13-5-3-4-8-19-13/h4,6-9,13,17H,3,5,10H2,1-2H3,(H,16,18). The molecule has 2 N–H and O–H groups in total. The maximum atomic E-state index is 11.6. The lowest BCUT2D eigenvalue weighted by molar-refractivity contribution is 0.0963. The number of ether oxygens (including phenoxy) is 1. The number of benzene rings is 1. The summed E-state index contributed by atoms with van der Waals surface area (Å²) < 4.78 is 5.52. The Hall–Kier alpha value is -1.97. The number of carbonyl (C=O) groups is 1. The van der Waals surface area contributed by atoms with Crippen molar-refractivity contribution in [3.63, 3.8) is 0 Å².